The molecule has 0 saturated carbocycles. The number of benzene rings is 1. The van der Waals surface area contributed by atoms with Crippen molar-refractivity contribution in [1.29, 1.82) is 0 Å². The molecular formula is C14H18FN3O. The quantitative estimate of drug-likeness (QED) is 0.900. The van der Waals surface area contributed by atoms with Crippen LogP contribution in [0.15, 0.2) is 28.7 Å². The highest BCUT2D eigenvalue weighted by Crippen LogP contribution is 2.18. The van der Waals surface area contributed by atoms with Crippen LogP contribution in [-0.2, 0) is 12.8 Å². The maximum atomic E-state index is 13.0. The van der Waals surface area contributed by atoms with Gasteiger partial charge in [0.2, 0.25) is 11.8 Å². The summed E-state index contributed by atoms with van der Waals surface area (Å²) in [5.41, 5.74) is 6.84. The van der Waals surface area contributed by atoms with E-state index in [2.05, 4.69) is 10.2 Å². The second-order valence-electron chi connectivity index (χ2n) is 4.93. The molecule has 1 atom stereocenters. The molecule has 1 unspecified atom stereocenters. The van der Waals surface area contributed by atoms with E-state index in [9.17, 15) is 4.39 Å². The fourth-order valence-corrected chi connectivity index (χ4v) is 1.73. The van der Waals surface area contributed by atoms with Gasteiger partial charge < -0.3 is 10.2 Å². The van der Waals surface area contributed by atoms with Crippen LogP contribution in [0.4, 0.5) is 4.39 Å². The zero-order valence-electron chi connectivity index (χ0n) is 11.1. The highest BCUT2D eigenvalue weighted by molar-refractivity contribution is 5.16. The Bertz CT molecular complexity index is 539. The summed E-state index contributed by atoms with van der Waals surface area (Å²) >= 11 is 0. The molecule has 0 aliphatic heterocycles. The molecular weight excluding hydrogens is 245 g/mol. The third kappa shape index (κ3) is 3.61. The summed E-state index contributed by atoms with van der Waals surface area (Å²) in [7, 11) is 0. The zero-order valence-corrected chi connectivity index (χ0v) is 11.1. The molecule has 4 nitrogen and oxygen atoms in total. The third-order valence-electron chi connectivity index (χ3n) is 3.00. The summed E-state index contributed by atoms with van der Waals surface area (Å²) in [6.07, 6.45) is 1.25. The van der Waals surface area contributed by atoms with E-state index >= 15 is 0 Å². The molecule has 0 saturated heterocycles. The van der Waals surface area contributed by atoms with Crippen LogP contribution in [-0.4, -0.2) is 10.2 Å². The Balaban J connectivity index is 1.97. The molecule has 1 aromatic carbocycles. The van der Waals surface area contributed by atoms with Crippen LogP contribution >= 0.6 is 0 Å². The van der Waals surface area contributed by atoms with Crippen molar-refractivity contribution in [1.82, 2.24) is 10.2 Å². The third-order valence-corrected chi connectivity index (χ3v) is 3.00. The van der Waals surface area contributed by atoms with Crippen LogP contribution in [0.1, 0.15) is 37.2 Å². The van der Waals surface area contributed by atoms with Gasteiger partial charge in [-0.2, -0.15) is 0 Å². The predicted molar refractivity (Wildman–Crippen MR) is 69.9 cm³/mol. The van der Waals surface area contributed by atoms with Gasteiger partial charge in [-0.15, -0.1) is 10.2 Å². The first-order valence-corrected chi connectivity index (χ1v) is 6.38. The van der Waals surface area contributed by atoms with Crippen LogP contribution in [0.5, 0.6) is 0 Å². The number of hydrogen-bond acceptors (Lipinski definition) is 4. The van der Waals surface area contributed by atoms with Crippen molar-refractivity contribution in [2.24, 2.45) is 11.7 Å². The number of aromatic nitrogens is 2. The van der Waals surface area contributed by atoms with Gasteiger partial charge >= 0.3 is 0 Å². The first-order chi connectivity index (χ1) is 9.06. The molecule has 2 aromatic rings. The second-order valence-corrected chi connectivity index (χ2v) is 4.93. The highest BCUT2D eigenvalue weighted by Gasteiger charge is 2.17. The lowest BCUT2D eigenvalue weighted by atomic mass is 10.1. The van der Waals surface area contributed by atoms with Crippen molar-refractivity contribution >= 4 is 0 Å². The van der Waals surface area contributed by atoms with E-state index in [-0.39, 0.29) is 17.8 Å². The van der Waals surface area contributed by atoms with E-state index in [1.165, 1.54) is 12.1 Å². The minimum absolute atomic E-state index is 0.231. The van der Waals surface area contributed by atoms with Crippen LogP contribution in [0.25, 0.3) is 0 Å². The van der Waals surface area contributed by atoms with Crippen LogP contribution in [0.3, 0.4) is 0 Å². The number of hydrogen-bond donors (Lipinski definition) is 1. The van der Waals surface area contributed by atoms with Crippen molar-refractivity contribution in [3.8, 4) is 0 Å². The monoisotopic (exact) mass is 263 g/mol. The van der Waals surface area contributed by atoms with Gasteiger partial charge in [0.1, 0.15) is 5.82 Å². The van der Waals surface area contributed by atoms with E-state index < -0.39 is 0 Å². The summed E-state index contributed by atoms with van der Waals surface area (Å²) in [5, 5.41) is 7.92. The van der Waals surface area contributed by atoms with Crippen LogP contribution in [0.2, 0.25) is 0 Å². The van der Waals surface area contributed by atoms with E-state index in [0.717, 1.165) is 5.56 Å². The van der Waals surface area contributed by atoms with Crippen molar-refractivity contribution in [2.75, 3.05) is 0 Å². The molecule has 1 heterocycles. The lowest BCUT2D eigenvalue weighted by molar-refractivity contribution is 0.370. The van der Waals surface area contributed by atoms with Crippen molar-refractivity contribution in [2.45, 2.75) is 32.7 Å². The number of halogens is 1. The average Bonchev–Trinajstić information content (AvgIpc) is 2.84. The predicted octanol–water partition coefficient (Wildman–Crippen LogP) is 2.65. The van der Waals surface area contributed by atoms with Crippen LogP contribution in [0, 0.1) is 11.7 Å². The largest absolute Gasteiger partial charge is 0.424 e. The Morgan fingerprint density at radius 3 is 2.74 bits per heavy atom. The first kappa shape index (κ1) is 13.7. The maximum Gasteiger partial charge on any atom is 0.233 e. The number of nitrogens with two attached hydrogens (primary N) is 1. The van der Waals surface area contributed by atoms with Crippen molar-refractivity contribution in [3.63, 3.8) is 0 Å². The van der Waals surface area contributed by atoms with Gasteiger partial charge in [0.25, 0.3) is 0 Å². The topological polar surface area (TPSA) is 64.9 Å². The second kappa shape index (κ2) is 5.93. The SMILES string of the molecule is CC(C)C(N)c1nnc(CCc2cccc(F)c2)o1. The van der Waals surface area contributed by atoms with Gasteiger partial charge in [0.15, 0.2) is 0 Å². The van der Waals surface area contributed by atoms with Gasteiger partial charge in [-0.05, 0) is 30.0 Å². The molecule has 0 amide bonds. The Morgan fingerprint density at radius 2 is 2.05 bits per heavy atom. The number of aryl methyl sites for hydroxylation is 2. The smallest absolute Gasteiger partial charge is 0.233 e. The van der Waals surface area contributed by atoms with Gasteiger partial charge in [0, 0.05) is 6.42 Å². The fourth-order valence-electron chi connectivity index (χ4n) is 1.73. The fraction of sp³-hybridized carbons (Fsp3) is 0.429. The van der Waals surface area contributed by atoms with Gasteiger partial charge in [-0.25, -0.2) is 4.39 Å². The lowest BCUT2D eigenvalue weighted by Gasteiger charge is -2.09. The van der Waals surface area contributed by atoms with E-state index in [1.54, 1.807) is 6.07 Å². The maximum absolute atomic E-state index is 13.0. The molecule has 102 valence electrons. The van der Waals surface area contributed by atoms with Gasteiger partial charge in [-0.3, -0.25) is 0 Å². The molecule has 1 aromatic heterocycles. The van der Waals surface area contributed by atoms with Gasteiger partial charge in [0.05, 0.1) is 6.04 Å². The Hall–Kier alpha value is -1.75. The normalized spacial score (nSPS) is 12.9. The van der Waals surface area contributed by atoms with E-state index in [1.807, 2.05) is 19.9 Å². The summed E-state index contributed by atoms with van der Waals surface area (Å²) in [4.78, 5) is 0. The average molecular weight is 263 g/mol. The van der Waals surface area contributed by atoms with Crippen molar-refractivity contribution in [3.05, 3.63) is 47.4 Å². The standard InChI is InChI=1S/C14H18FN3O/c1-9(2)13(16)14-18-17-12(19-14)7-6-10-4-3-5-11(15)8-10/h3-5,8-9,13H,6-7,16H2,1-2H3. The van der Waals surface area contributed by atoms with Crippen LogP contribution < -0.4 is 5.73 Å². The van der Waals surface area contributed by atoms with Gasteiger partial charge in [-0.1, -0.05) is 26.0 Å². The van der Waals surface area contributed by atoms with E-state index in [4.69, 9.17) is 10.2 Å². The summed E-state index contributed by atoms with van der Waals surface area (Å²) in [5.74, 6) is 1.02. The summed E-state index contributed by atoms with van der Waals surface area (Å²) in [6.45, 7) is 4.00. The molecule has 0 aliphatic carbocycles. The zero-order chi connectivity index (χ0) is 13.8. The number of rotatable bonds is 5. The Kier molecular flexibility index (Phi) is 4.27. The molecule has 2 N–H and O–H groups in total. The molecule has 5 heteroatoms. The first-order valence-electron chi connectivity index (χ1n) is 6.38. The molecule has 0 fully saturated rings. The molecule has 2 rings (SSSR count). The molecule has 0 aliphatic rings. The lowest BCUT2D eigenvalue weighted by Crippen LogP contribution is -2.16. The minimum atomic E-state index is -0.240. The Labute approximate surface area is 111 Å². The molecule has 0 bridgehead atoms. The summed E-state index contributed by atoms with van der Waals surface area (Å²) in [6, 6.07) is 6.27. The summed E-state index contributed by atoms with van der Waals surface area (Å²) < 4.78 is 18.5. The number of nitrogens with zero attached hydrogens (tertiary/aromatic N) is 2. The Morgan fingerprint density at radius 1 is 1.26 bits per heavy atom. The van der Waals surface area contributed by atoms with E-state index in [0.29, 0.717) is 24.6 Å². The molecule has 0 radical (unpaired) electrons. The van der Waals surface area contributed by atoms with Crippen molar-refractivity contribution < 1.29 is 8.81 Å². The molecule has 19 heavy (non-hydrogen) atoms. The minimum Gasteiger partial charge on any atom is -0.424 e. The molecule has 0 spiro atoms. The highest BCUT2D eigenvalue weighted by atomic mass is 19.1.